The summed E-state index contributed by atoms with van der Waals surface area (Å²) in [6, 6.07) is 19.4. The number of anilines is 2. The SMILES string of the molecule is CC(C)(C(=O)N1CCC(Oc2ccc(NC(=O)C3CN(c4ccnnc4)C3)cc2)CC1)c1ccccc1. The van der Waals surface area contributed by atoms with Crippen molar-refractivity contribution in [2.24, 2.45) is 5.92 Å². The average molecular weight is 500 g/mol. The molecule has 1 N–H and O–H groups in total. The molecule has 8 heteroatoms. The average Bonchev–Trinajstić information content (AvgIpc) is 2.90. The number of ether oxygens (including phenoxy) is 1. The molecular formula is C29H33N5O3. The lowest BCUT2D eigenvalue weighted by molar-refractivity contribution is -0.138. The number of piperidine rings is 1. The van der Waals surface area contributed by atoms with Crippen LogP contribution >= 0.6 is 0 Å². The van der Waals surface area contributed by atoms with Gasteiger partial charge in [0.05, 0.1) is 29.4 Å². The van der Waals surface area contributed by atoms with Crippen molar-refractivity contribution in [3.8, 4) is 5.75 Å². The van der Waals surface area contributed by atoms with Crippen LogP contribution in [-0.4, -0.2) is 59.2 Å². The summed E-state index contributed by atoms with van der Waals surface area (Å²) in [7, 11) is 0. The molecule has 2 aliphatic rings. The summed E-state index contributed by atoms with van der Waals surface area (Å²) in [6.45, 7) is 6.69. The summed E-state index contributed by atoms with van der Waals surface area (Å²) in [4.78, 5) is 29.9. The molecule has 0 unspecified atom stereocenters. The van der Waals surface area contributed by atoms with Gasteiger partial charge in [0.2, 0.25) is 11.8 Å². The molecule has 0 bridgehead atoms. The number of amides is 2. The van der Waals surface area contributed by atoms with E-state index in [9.17, 15) is 9.59 Å². The fourth-order valence-electron chi connectivity index (χ4n) is 4.93. The summed E-state index contributed by atoms with van der Waals surface area (Å²) < 4.78 is 6.19. The zero-order chi connectivity index (χ0) is 25.8. The van der Waals surface area contributed by atoms with Crippen molar-refractivity contribution < 1.29 is 14.3 Å². The van der Waals surface area contributed by atoms with Gasteiger partial charge in [-0.2, -0.15) is 10.2 Å². The Balaban J connectivity index is 1.07. The molecule has 0 aliphatic carbocycles. The third-order valence-electron chi connectivity index (χ3n) is 7.37. The highest BCUT2D eigenvalue weighted by Crippen LogP contribution is 2.29. The molecule has 2 fully saturated rings. The van der Waals surface area contributed by atoms with E-state index in [0.717, 1.165) is 35.5 Å². The summed E-state index contributed by atoms with van der Waals surface area (Å²) in [5.41, 5.74) is 2.22. The van der Waals surface area contributed by atoms with Crippen LogP contribution in [0.25, 0.3) is 0 Å². The second-order valence-electron chi connectivity index (χ2n) is 10.3. The molecule has 0 atom stereocenters. The van der Waals surface area contributed by atoms with Gasteiger partial charge in [0.1, 0.15) is 11.9 Å². The Kier molecular flexibility index (Phi) is 7.08. The lowest BCUT2D eigenvalue weighted by atomic mass is 9.82. The lowest BCUT2D eigenvalue weighted by Gasteiger charge is -2.39. The van der Waals surface area contributed by atoms with E-state index in [1.165, 1.54) is 0 Å². The minimum atomic E-state index is -0.552. The van der Waals surface area contributed by atoms with E-state index in [1.807, 2.05) is 79.4 Å². The smallest absolute Gasteiger partial charge is 0.232 e. The number of carbonyl (C=O) groups excluding carboxylic acids is 2. The van der Waals surface area contributed by atoms with Crippen LogP contribution in [0.3, 0.4) is 0 Å². The first-order valence-electron chi connectivity index (χ1n) is 12.8. The second kappa shape index (κ2) is 10.6. The number of aromatic nitrogens is 2. The van der Waals surface area contributed by atoms with E-state index in [2.05, 4.69) is 20.4 Å². The first-order chi connectivity index (χ1) is 17.9. The fraction of sp³-hybridized carbons (Fsp3) is 0.379. The van der Waals surface area contributed by atoms with Crippen LogP contribution in [0.4, 0.5) is 11.4 Å². The van der Waals surface area contributed by atoms with E-state index >= 15 is 0 Å². The van der Waals surface area contributed by atoms with Crippen LogP contribution in [-0.2, 0) is 15.0 Å². The molecule has 2 saturated heterocycles. The molecule has 3 heterocycles. The highest BCUT2D eigenvalue weighted by atomic mass is 16.5. The number of hydrogen-bond acceptors (Lipinski definition) is 6. The third kappa shape index (κ3) is 5.58. The number of hydrogen-bond donors (Lipinski definition) is 1. The molecule has 2 amide bonds. The van der Waals surface area contributed by atoms with E-state index in [4.69, 9.17) is 4.74 Å². The maximum Gasteiger partial charge on any atom is 0.232 e. The Morgan fingerprint density at radius 2 is 1.65 bits per heavy atom. The molecule has 0 saturated carbocycles. The Hall–Kier alpha value is -3.94. The number of benzene rings is 2. The van der Waals surface area contributed by atoms with Gasteiger partial charge >= 0.3 is 0 Å². The van der Waals surface area contributed by atoms with Gasteiger partial charge in [-0.05, 0) is 49.7 Å². The quantitative estimate of drug-likeness (QED) is 0.531. The first-order valence-corrected chi connectivity index (χ1v) is 12.8. The van der Waals surface area contributed by atoms with Gasteiger partial charge < -0.3 is 19.9 Å². The van der Waals surface area contributed by atoms with Crippen LogP contribution in [0.5, 0.6) is 5.75 Å². The fourth-order valence-corrected chi connectivity index (χ4v) is 4.93. The highest BCUT2D eigenvalue weighted by molar-refractivity contribution is 5.94. The Morgan fingerprint density at radius 1 is 0.946 bits per heavy atom. The largest absolute Gasteiger partial charge is 0.490 e. The monoisotopic (exact) mass is 499 g/mol. The maximum absolute atomic E-state index is 13.2. The molecular weight excluding hydrogens is 466 g/mol. The van der Waals surface area contributed by atoms with Crippen molar-refractivity contribution in [1.29, 1.82) is 0 Å². The topological polar surface area (TPSA) is 87.7 Å². The van der Waals surface area contributed by atoms with E-state index in [0.29, 0.717) is 26.2 Å². The Morgan fingerprint density at radius 3 is 2.30 bits per heavy atom. The number of nitrogens with one attached hydrogen (secondary N) is 1. The third-order valence-corrected chi connectivity index (χ3v) is 7.37. The van der Waals surface area contributed by atoms with Crippen molar-refractivity contribution in [3.63, 3.8) is 0 Å². The maximum atomic E-state index is 13.2. The molecule has 1 aromatic heterocycles. The van der Waals surface area contributed by atoms with E-state index in [1.54, 1.807) is 12.4 Å². The predicted molar refractivity (Wildman–Crippen MR) is 143 cm³/mol. The first kappa shape index (κ1) is 24.7. The Bertz CT molecular complexity index is 1200. The van der Waals surface area contributed by atoms with Crippen molar-refractivity contribution in [2.75, 3.05) is 36.4 Å². The minimum absolute atomic E-state index is 0.0161. The van der Waals surface area contributed by atoms with E-state index in [-0.39, 0.29) is 23.8 Å². The summed E-state index contributed by atoms with van der Waals surface area (Å²) in [6.07, 6.45) is 5.01. The minimum Gasteiger partial charge on any atom is -0.490 e. The molecule has 0 spiro atoms. The molecule has 192 valence electrons. The van der Waals surface area contributed by atoms with Crippen LogP contribution in [0.1, 0.15) is 32.3 Å². The van der Waals surface area contributed by atoms with Gasteiger partial charge in [0, 0.05) is 44.7 Å². The predicted octanol–water partition coefficient (Wildman–Crippen LogP) is 3.90. The summed E-state index contributed by atoms with van der Waals surface area (Å²) in [5.74, 6) is 0.892. The van der Waals surface area contributed by atoms with E-state index < -0.39 is 5.41 Å². The molecule has 37 heavy (non-hydrogen) atoms. The standard InChI is InChI=1S/C29H33N5O3/c1-29(2,22-6-4-3-5-7-22)28(36)33-16-13-26(14-17-33)37-25-10-8-23(9-11-25)32-27(35)21-19-34(20-21)24-12-15-30-31-18-24/h3-12,15,18,21,26H,13-14,16-17,19-20H2,1-2H3,(H,32,35). The normalized spacial score (nSPS) is 16.7. The van der Waals surface area contributed by atoms with Crippen LogP contribution in [0.15, 0.2) is 73.1 Å². The van der Waals surface area contributed by atoms with Gasteiger partial charge in [-0.3, -0.25) is 9.59 Å². The van der Waals surface area contributed by atoms with Gasteiger partial charge in [0.15, 0.2) is 0 Å². The zero-order valence-electron chi connectivity index (χ0n) is 21.3. The highest BCUT2D eigenvalue weighted by Gasteiger charge is 2.36. The second-order valence-corrected chi connectivity index (χ2v) is 10.3. The number of carbonyl (C=O) groups is 2. The number of rotatable bonds is 7. The number of nitrogens with zero attached hydrogens (tertiary/aromatic N) is 4. The van der Waals surface area contributed by atoms with Crippen LogP contribution in [0, 0.1) is 5.92 Å². The molecule has 0 radical (unpaired) electrons. The van der Waals surface area contributed by atoms with Gasteiger partial charge in [-0.15, -0.1) is 0 Å². The molecule has 2 aliphatic heterocycles. The summed E-state index contributed by atoms with van der Waals surface area (Å²) in [5, 5.41) is 10.7. The molecule has 2 aromatic carbocycles. The lowest BCUT2D eigenvalue weighted by Crippen LogP contribution is -2.52. The van der Waals surface area contributed by atoms with Crippen molar-refractivity contribution in [3.05, 3.63) is 78.6 Å². The molecule has 3 aromatic rings. The molecule has 5 rings (SSSR count). The number of likely N-dealkylation sites (tertiary alicyclic amines) is 1. The van der Waals surface area contributed by atoms with Crippen molar-refractivity contribution in [1.82, 2.24) is 15.1 Å². The van der Waals surface area contributed by atoms with Crippen molar-refractivity contribution >= 4 is 23.2 Å². The zero-order valence-corrected chi connectivity index (χ0v) is 21.3. The van der Waals surface area contributed by atoms with Crippen LogP contribution in [0.2, 0.25) is 0 Å². The molecule has 8 nitrogen and oxygen atoms in total. The van der Waals surface area contributed by atoms with Gasteiger partial charge in [-0.1, -0.05) is 30.3 Å². The van der Waals surface area contributed by atoms with Crippen molar-refractivity contribution in [2.45, 2.75) is 38.2 Å². The van der Waals surface area contributed by atoms with Gasteiger partial charge in [-0.25, -0.2) is 0 Å². The Labute approximate surface area is 217 Å². The summed E-state index contributed by atoms with van der Waals surface area (Å²) >= 11 is 0. The van der Waals surface area contributed by atoms with Gasteiger partial charge in [0.25, 0.3) is 0 Å². The van der Waals surface area contributed by atoms with Crippen LogP contribution < -0.4 is 15.0 Å².